The Hall–Kier alpha value is -1.13. The average molecular weight is 261 g/mol. The van der Waals surface area contributed by atoms with Crippen LogP contribution < -0.4 is 5.32 Å². The first-order chi connectivity index (χ1) is 8.70. The van der Waals surface area contributed by atoms with E-state index >= 15 is 0 Å². The molecule has 1 N–H and O–H groups in total. The smallest absolute Gasteiger partial charge is 0.113 e. The monoisotopic (exact) mass is 261 g/mol. The zero-order chi connectivity index (χ0) is 12.5. The Bertz CT molecular complexity index is 517. The van der Waals surface area contributed by atoms with Gasteiger partial charge >= 0.3 is 0 Å². The number of aromatic nitrogens is 2. The molecular formula is C14H19N3S. The van der Waals surface area contributed by atoms with Crippen molar-refractivity contribution in [2.75, 3.05) is 0 Å². The summed E-state index contributed by atoms with van der Waals surface area (Å²) in [4.78, 5) is 5.91. The van der Waals surface area contributed by atoms with Crippen molar-refractivity contribution in [3.63, 3.8) is 0 Å². The van der Waals surface area contributed by atoms with Crippen LogP contribution in [0, 0.1) is 13.8 Å². The molecule has 0 unspecified atom stereocenters. The second-order valence-electron chi connectivity index (χ2n) is 5.10. The van der Waals surface area contributed by atoms with Gasteiger partial charge in [0.05, 0.1) is 12.2 Å². The van der Waals surface area contributed by atoms with Gasteiger partial charge in [0.2, 0.25) is 0 Å². The zero-order valence-electron chi connectivity index (χ0n) is 10.9. The first-order valence-electron chi connectivity index (χ1n) is 6.51. The van der Waals surface area contributed by atoms with Gasteiger partial charge in [-0.15, -0.1) is 11.3 Å². The molecule has 2 aromatic rings. The standard InChI is InChI=1S/C14H19N3S/c1-10-11(2)18-14(16-10)9-17-6-5-12(8-17)7-15-13-3-4-13/h5-6,8,13,15H,3-4,7,9H2,1-2H3. The van der Waals surface area contributed by atoms with Crippen molar-refractivity contribution >= 4 is 11.3 Å². The summed E-state index contributed by atoms with van der Waals surface area (Å²) >= 11 is 1.80. The minimum Gasteiger partial charge on any atom is -0.347 e. The van der Waals surface area contributed by atoms with Crippen molar-refractivity contribution in [1.82, 2.24) is 14.9 Å². The normalized spacial score (nSPS) is 15.2. The van der Waals surface area contributed by atoms with Gasteiger partial charge in [-0.1, -0.05) is 0 Å². The second kappa shape index (κ2) is 4.86. The van der Waals surface area contributed by atoms with E-state index in [2.05, 4.69) is 47.2 Å². The summed E-state index contributed by atoms with van der Waals surface area (Å²) in [7, 11) is 0. The van der Waals surface area contributed by atoms with Crippen LogP contribution in [0.1, 0.15) is 34.0 Å². The van der Waals surface area contributed by atoms with E-state index in [0.717, 1.165) is 24.8 Å². The number of nitrogens with one attached hydrogen (secondary N) is 1. The molecular weight excluding hydrogens is 242 g/mol. The lowest BCUT2D eigenvalue weighted by Gasteiger charge is -2.00. The van der Waals surface area contributed by atoms with Crippen LogP contribution in [0.15, 0.2) is 18.5 Å². The van der Waals surface area contributed by atoms with Crippen molar-refractivity contribution in [2.45, 2.75) is 45.8 Å². The molecule has 18 heavy (non-hydrogen) atoms. The van der Waals surface area contributed by atoms with E-state index in [1.165, 1.54) is 28.3 Å². The van der Waals surface area contributed by atoms with Gasteiger partial charge < -0.3 is 9.88 Å². The van der Waals surface area contributed by atoms with Crippen LogP contribution in [0.5, 0.6) is 0 Å². The van der Waals surface area contributed by atoms with Crippen molar-refractivity contribution in [1.29, 1.82) is 0 Å². The van der Waals surface area contributed by atoms with Crippen molar-refractivity contribution < 1.29 is 0 Å². The van der Waals surface area contributed by atoms with Crippen LogP contribution in [0.25, 0.3) is 0 Å². The van der Waals surface area contributed by atoms with Crippen molar-refractivity contribution in [3.05, 3.63) is 39.6 Å². The van der Waals surface area contributed by atoms with E-state index in [9.17, 15) is 0 Å². The Morgan fingerprint density at radius 2 is 2.28 bits per heavy atom. The molecule has 1 aliphatic rings. The Balaban J connectivity index is 1.61. The van der Waals surface area contributed by atoms with Gasteiger partial charge in [-0.2, -0.15) is 0 Å². The molecule has 2 aromatic heterocycles. The molecule has 0 radical (unpaired) electrons. The number of nitrogens with zero attached hydrogens (tertiary/aromatic N) is 2. The molecule has 0 spiro atoms. The van der Waals surface area contributed by atoms with Crippen LogP contribution in [-0.4, -0.2) is 15.6 Å². The first-order valence-corrected chi connectivity index (χ1v) is 7.33. The fourth-order valence-corrected chi connectivity index (χ4v) is 2.95. The minimum atomic E-state index is 0.776. The molecule has 0 aromatic carbocycles. The number of hydrogen-bond donors (Lipinski definition) is 1. The largest absolute Gasteiger partial charge is 0.347 e. The molecule has 96 valence electrons. The van der Waals surface area contributed by atoms with Crippen LogP contribution in [0.3, 0.4) is 0 Å². The molecule has 4 heteroatoms. The molecule has 3 rings (SSSR count). The molecule has 3 nitrogen and oxygen atoms in total. The summed E-state index contributed by atoms with van der Waals surface area (Å²) in [5.41, 5.74) is 2.53. The first kappa shape index (κ1) is 11.9. The molecule has 0 bridgehead atoms. The lowest BCUT2D eigenvalue weighted by Crippen LogP contribution is -2.14. The third-order valence-corrected chi connectivity index (χ3v) is 4.43. The molecule has 0 amide bonds. The number of hydrogen-bond acceptors (Lipinski definition) is 3. The van der Waals surface area contributed by atoms with Gasteiger partial charge in [-0.25, -0.2) is 4.98 Å². The van der Waals surface area contributed by atoms with Gasteiger partial charge in [0.15, 0.2) is 0 Å². The highest BCUT2D eigenvalue weighted by Gasteiger charge is 2.19. The maximum absolute atomic E-state index is 4.58. The zero-order valence-corrected chi connectivity index (χ0v) is 11.8. The maximum Gasteiger partial charge on any atom is 0.113 e. The van der Waals surface area contributed by atoms with Gasteiger partial charge in [0.1, 0.15) is 5.01 Å². The number of rotatable bonds is 5. The summed E-state index contributed by atoms with van der Waals surface area (Å²) in [5.74, 6) is 0. The summed E-state index contributed by atoms with van der Waals surface area (Å²) in [6, 6.07) is 2.97. The van der Waals surface area contributed by atoms with Crippen LogP contribution >= 0.6 is 11.3 Å². The summed E-state index contributed by atoms with van der Waals surface area (Å²) in [5, 5.41) is 4.73. The molecule has 1 saturated carbocycles. The van der Waals surface area contributed by atoms with E-state index in [4.69, 9.17) is 0 Å². The van der Waals surface area contributed by atoms with E-state index in [-0.39, 0.29) is 0 Å². The molecule has 0 saturated heterocycles. The van der Waals surface area contributed by atoms with Gasteiger partial charge in [0.25, 0.3) is 0 Å². The lowest BCUT2D eigenvalue weighted by molar-refractivity contribution is 0.684. The topological polar surface area (TPSA) is 29.9 Å². The van der Waals surface area contributed by atoms with Crippen molar-refractivity contribution in [2.24, 2.45) is 0 Å². The quantitative estimate of drug-likeness (QED) is 0.897. The van der Waals surface area contributed by atoms with Gasteiger partial charge in [-0.05, 0) is 38.3 Å². The Morgan fingerprint density at radius 3 is 2.94 bits per heavy atom. The van der Waals surface area contributed by atoms with E-state index < -0.39 is 0 Å². The highest BCUT2D eigenvalue weighted by Crippen LogP contribution is 2.20. The predicted octanol–water partition coefficient (Wildman–Crippen LogP) is 2.86. The summed E-state index contributed by atoms with van der Waals surface area (Å²) < 4.78 is 2.22. The lowest BCUT2D eigenvalue weighted by atomic mass is 10.3. The molecule has 1 aliphatic carbocycles. The average Bonchev–Trinajstić information content (AvgIpc) is 2.98. The summed E-state index contributed by atoms with van der Waals surface area (Å²) in [6.45, 7) is 6.10. The minimum absolute atomic E-state index is 0.776. The van der Waals surface area contributed by atoms with E-state index in [1.54, 1.807) is 11.3 Å². The number of aryl methyl sites for hydroxylation is 2. The summed E-state index contributed by atoms with van der Waals surface area (Å²) in [6.07, 6.45) is 7.06. The van der Waals surface area contributed by atoms with Crippen molar-refractivity contribution in [3.8, 4) is 0 Å². The maximum atomic E-state index is 4.58. The van der Waals surface area contributed by atoms with E-state index in [0.29, 0.717) is 0 Å². The predicted molar refractivity (Wildman–Crippen MR) is 75.0 cm³/mol. The Labute approximate surface area is 112 Å². The Kier molecular flexibility index (Phi) is 3.22. The third-order valence-electron chi connectivity index (χ3n) is 3.37. The van der Waals surface area contributed by atoms with Crippen LogP contribution in [0.2, 0.25) is 0 Å². The van der Waals surface area contributed by atoms with Crippen LogP contribution in [-0.2, 0) is 13.1 Å². The second-order valence-corrected chi connectivity index (χ2v) is 6.38. The highest BCUT2D eigenvalue weighted by molar-refractivity contribution is 7.11. The highest BCUT2D eigenvalue weighted by atomic mass is 32.1. The molecule has 0 atom stereocenters. The molecule has 2 heterocycles. The molecule has 0 aliphatic heterocycles. The molecule has 1 fully saturated rings. The fourth-order valence-electron chi connectivity index (χ4n) is 2.01. The Morgan fingerprint density at radius 1 is 1.44 bits per heavy atom. The van der Waals surface area contributed by atoms with Crippen LogP contribution in [0.4, 0.5) is 0 Å². The van der Waals surface area contributed by atoms with Gasteiger partial charge in [0, 0.05) is 29.9 Å². The van der Waals surface area contributed by atoms with E-state index in [1.807, 2.05) is 0 Å². The fraction of sp³-hybridized carbons (Fsp3) is 0.500. The number of thiazole rings is 1. The van der Waals surface area contributed by atoms with Gasteiger partial charge in [-0.3, -0.25) is 0 Å². The SMILES string of the molecule is Cc1nc(Cn2ccc(CNC3CC3)c2)sc1C. The third kappa shape index (κ3) is 2.82.